The molecule has 0 aliphatic carbocycles. The van der Waals surface area contributed by atoms with E-state index in [0.717, 1.165) is 25.9 Å². The first-order valence-corrected chi connectivity index (χ1v) is 5.30. The van der Waals surface area contributed by atoms with Crippen LogP contribution in [0.15, 0.2) is 0 Å². The molecule has 4 nitrogen and oxygen atoms in total. The molecule has 14 heavy (non-hydrogen) atoms. The molecule has 1 amide bonds. The minimum atomic E-state index is -0.287. The van der Waals surface area contributed by atoms with E-state index in [-0.39, 0.29) is 11.9 Å². The Morgan fingerprint density at radius 3 is 3.00 bits per heavy atom. The minimum absolute atomic E-state index is 0.240. The van der Waals surface area contributed by atoms with Crippen molar-refractivity contribution in [1.29, 1.82) is 0 Å². The molecule has 3 N–H and O–H groups in total. The maximum atomic E-state index is 10.9. The summed E-state index contributed by atoms with van der Waals surface area (Å²) in [6, 6.07) is 0.131. The first-order valence-electron chi connectivity index (χ1n) is 5.30. The summed E-state index contributed by atoms with van der Waals surface area (Å²) in [4.78, 5) is 10.9. The monoisotopic (exact) mass is 200 g/mol. The van der Waals surface area contributed by atoms with Crippen molar-refractivity contribution in [3.63, 3.8) is 0 Å². The maximum Gasteiger partial charge on any atom is 0.234 e. The van der Waals surface area contributed by atoms with Gasteiger partial charge >= 0.3 is 0 Å². The van der Waals surface area contributed by atoms with Crippen LogP contribution in [-0.4, -0.2) is 30.7 Å². The summed E-state index contributed by atoms with van der Waals surface area (Å²) in [7, 11) is 0. The van der Waals surface area contributed by atoms with Crippen molar-refractivity contribution in [1.82, 2.24) is 5.32 Å². The summed E-state index contributed by atoms with van der Waals surface area (Å²) in [5.41, 5.74) is 5.19. The number of carbonyl (C=O) groups excluding carboxylic acids is 1. The van der Waals surface area contributed by atoms with Crippen LogP contribution in [0.1, 0.15) is 33.1 Å². The van der Waals surface area contributed by atoms with Gasteiger partial charge in [-0.1, -0.05) is 6.92 Å². The molecule has 82 valence electrons. The predicted octanol–water partition coefficient (Wildman–Crippen LogP) is 0.407. The molecule has 1 aliphatic rings. The van der Waals surface area contributed by atoms with Crippen molar-refractivity contribution in [3.8, 4) is 0 Å². The van der Waals surface area contributed by atoms with E-state index >= 15 is 0 Å². The normalized spacial score (nSPS) is 29.9. The van der Waals surface area contributed by atoms with Crippen LogP contribution in [0, 0.1) is 0 Å². The lowest BCUT2D eigenvalue weighted by atomic mass is 10.0. The first kappa shape index (κ1) is 11.5. The van der Waals surface area contributed by atoms with Gasteiger partial charge in [0.25, 0.3) is 0 Å². The zero-order valence-corrected chi connectivity index (χ0v) is 8.95. The van der Waals surface area contributed by atoms with Gasteiger partial charge in [-0.3, -0.25) is 4.79 Å². The van der Waals surface area contributed by atoms with E-state index in [1.54, 1.807) is 6.92 Å². The molecule has 1 saturated heterocycles. The zero-order chi connectivity index (χ0) is 10.6. The van der Waals surface area contributed by atoms with Crippen LogP contribution in [0.4, 0.5) is 0 Å². The zero-order valence-electron chi connectivity index (χ0n) is 8.95. The smallest absolute Gasteiger partial charge is 0.234 e. The van der Waals surface area contributed by atoms with Crippen LogP contribution < -0.4 is 11.1 Å². The fraction of sp³-hybridized carbons (Fsp3) is 0.900. The number of amides is 1. The summed E-state index contributed by atoms with van der Waals surface area (Å²) in [5, 5.41) is 3.23. The van der Waals surface area contributed by atoms with Gasteiger partial charge in [-0.2, -0.15) is 0 Å². The van der Waals surface area contributed by atoms with Gasteiger partial charge in [0.1, 0.15) is 0 Å². The Morgan fingerprint density at radius 2 is 2.43 bits per heavy atom. The van der Waals surface area contributed by atoms with E-state index in [1.165, 1.54) is 0 Å². The molecule has 0 aromatic carbocycles. The van der Waals surface area contributed by atoms with Gasteiger partial charge in [-0.15, -0.1) is 0 Å². The van der Waals surface area contributed by atoms with E-state index in [2.05, 4.69) is 12.2 Å². The number of nitrogens with two attached hydrogens (primary N) is 1. The number of hydrogen-bond donors (Lipinski definition) is 2. The van der Waals surface area contributed by atoms with E-state index < -0.39 is 0 Å². The third kappa shape index (κ3) is 3.27. The average Bonchev–Trinajstić information content (AvgIpc) is 2.18. The number of hydrogen-bond acceptors (Lipinski definition) is 3. The number of ether oxygens (including phenoxy) is 1. The van der Waals surface area contributed by atoms with Crippen molar-refractivity contribution in [3.05, 3.63) is 0 Å². The Bertz CT molecular complexity index is 197. The topological polar surface area (TPSA) is 64.3 Å². The van der Waals surface area contributed by atoms with Crippen molar-refractivity contribution >= 4 is 5.91 Å². The summed E-state index contributed by atoms with van der Waals surface area (Å²) in [5.74, 6) is -0.287. The Labute approximate surface area is 85.2 Å². The molecule has 1 rings (SSSR count). The van der Waals surface area contributed by atoms with Gasteiger partial charge in [0, 0.05) is 12.6 Å². The van der Waals surface area contributed by atoms with E-state index in [4.69, 9.17) is 10.5 Å². The molecule has 4 heteroatoms. The Hall–Kier alpha value is -0.610. The highest BCUT2D eigenvalue weighted by atomic mass is 16.5. The summed E-state index contributed by atoms with van der Waals surface area (Å²) < 4.78 is 5.54. The molecule has 0 saturated carbocycles. The van der Waals surface area contributed by atoms with Crippen LogP contribution in [0.3, 0.4) is 0 Å². The third-order valence-corrected chi connectivity index (χ3v) is 2.74. The lowest BCUT2D eigenvalue weighted by molar-refractivity contribution is -0.120. The largest absolute Gasteiger partial charge is 0.378 e. The third-order valence-electron chi connectivity index (χ3n) is 2.74. The molecule has 0 aromatic rings. The van der Waals surface area contributed by atoms with E-state index in [9.17, 15) is 4.79 Å². The molecular weight excluding hydrogens is 180 g/mol. The Balaban J connectivity index is 2.33. The van der Waals surface area contributed by atoms with Crippen molar-refractivity contribution in [2.45, 2.75) is 51.3 Å². The summed E-state index contributed by atoms with van der Waals surface area (Å²) in [6.45, 7) is 4.70. The quantitative estimate of drug-likeness (QED) is 0.690. The second-order valence-corrected chi connectivity index (χ2v) is 3.91. The first-order chi connectivity index (χ1) is 6.63. The van der Waals surface area contributed by atoms with Crippen LogP contribution in [-0.2, 0) is 9.53 Å². The highest BCUT2D eigenvalue weighted by Gasteiger charge is 2.23. The lowest BCUT2D eigenvalue weighted by Crippen LogP contribution is -2.48. The molecule has 1 heterocycles. The van der Waals surface area contributed by atoms with E-state index in [1.807, 2.05) is 0 Å². The van der Waals surface area contributed by atoms with Crippen LogP contribution >= 0.6 is 0 Å². The Morgan fingerprint density at radius 1 is 1.71 bits per heavy atom. The minimum Gasteiger partial charge on any atom is -0.378 e. The maximum absolute atomic E-state index is 10.9. The van der Waals surface area contributed by atoms with Crippen LogP contribution in [0.25, 0.3) is 0 Å². The number of primary amides is 1. The fourth-order valence-electron chi connectivity index (χ4n) is 1.75. The highest BCUT2D eigenvalue weighted by Crippen LogP contribution is 2.16. The van der Waals surface area contributed by atoms with Gasteiger partial charge in [-0.25, -0.2) is 0 Å². The van der Waals surface area contributed by atoms with Gasteiger partial charge in [-0.05, 0) is 26.2 Å². The van der Waals surface area contributed by atoms with E-state index in [0.29, 0.717) is 12.1 Å². The molecule has 3 atom stereocenters. The molecule has 0 bridgehead atoms. The Kier molecular flexibility index (Phi) is 4.35. The molecular formula is C10H20N2O2. The molecule has 0 aromatic heterocycles. The van der Waals surface area contributed by atoms with Gasteiger partial charge in [0.05, 0.1) is 12.1 Å². The summed E-state index contributed by atoms with van der Waals surface area (Å²) >= 11 is 0. The molecule has 3 unspecified atom stereocenters. The standard InChI is InChI=1S/C10H20N2O2/c1-3-9-6-8(4-5-14-9)12-7(2)10(11)13/h7-9,12H,3-6H2,1-2H3,(H2,11,13). The van der Waals surface area contributed by atoms with Gasteiger partial charge in [0.15, 0.2) is 0 Å². The average molecular weight is 200 g/mol. The summed E-state index contributed by atoms with van der Waals surface area (Å²) in [6.07, 6.45) is 3.31. The van der Waals surface area contributed by atoms with Crippen molar-refractivity contribution < 1.29 is 9.53 Å². The van der Waals surface area contributed by atoms with Crippen molar-refractivity contribution in [2.75, 3.05) is 6.61 Å². The molecule has 0 radical (unpaired) electrons. The van der Waals surface area contributed by atoms with Crippen molar-refractivity contribution in [2.24, 2.45) is 5.73 Å². The molecule has 0 spiro atoms. The molecule has 1 fully saturated rings. The fourth-order valence-corrected chi connectivity index (χ4v) is 1.75. The van der Waals surface area contributed by atoms with Crippen LogP contribution in [0.2, 0.25) is 0 Å². The highest BCUT2D eigenvalue weighted by molar-refractivity contribution is 5.79. The SMILES string of the molecule is CCC1CC(NC(C)C(N)=O)CCO1. The van der Waals surface area contributed by atoms with Crippen LogP contribution in [0.5, 0.6) is 0 Å². The number of nitrogens with one attached hydrogen (secondary N) is 1. The predicted molar refractivity (Wildman–Crippen MR) is 54.8 cm³/mol. The molecule has 1 aliphatic heterocycles. The lowest BCUT2D eigenvalue weighted by Gasteiger charge is -2.31. The van der Waals surface area contributed by atoms with Gasteiger partial charge in [0.2, 0.25) is 5.91 Å². The number of carbonyl (C=O) groups is 1. The second-order valence-electron chi connectivity index (χ2n) is 3.91. The number of rotatable bonds is 4. The second kappa shape index (κ2) is 5.32. The van der Waals surface area contributed by atoms with Gasteiger partial charge < -0.3 is 15.8 Å².